The van der Waals surface area contributed by atoms with Crippen LogP contribution in [0.25, 0.3) is 11.4 Å². The minimum Gasteiger partial charge on any atom is -0.337 e. The van der Waals surface area contributed by atoms with E-state index in [1.807, 2.05) is 33.9 Å². The molecule has 0 bridgehead atoms. The summed E-state index contributed by atoms with van der Waals surface area (Å²) < 4.78 is 0. The van der Waals surface area contributed by atoms with Crippen LogP contribution in [0.5, 0.6) is 0 Å². The Morgan fingerprint density at radius 1 is 1.28 bits per heavy atom. The zero-order chi connectivity index (χ0) is 17.1. The molecule has 0 saturated carbocycles. The van der Waals surface area contributed by atoms with Gasteiger partial charge in [0.05, 0.1) is 19.0 Å². The molecule has 1 amide bonds. The minimum atomic E-state index is 0.130. The van der Waals surface area contributed by atoms with E-state index in [4.69, 9.17) is 0 Å². The minimum absolute atomic E-state index is 0.130. The van der Waals surface area contributed by atoms with Gasteiger partial charge in [0.2, 0.25) is 11.7 Å². The molecule has 0 unspecified atom stereocenters. The third kappa shape index (κ3) is 3.58. The molecule has 1 saturated heterocycles. The molecule has 0 aliphatic carbocycles. The van der Waals surface area contributed by atoms with Crippen LogP contribution in [0.2, 0.25) is 0 Å². The van der Waals surface area contributed by atoms with Crippen molar-refractivity contribution in [2.75, 3.05) is 6.54 Å². The molecule has 4 heterocycles. The van der Waals surface area contributed by atoms with Crippen LogP contribution < -0.4 is 0 Å². The average molecular weight is 354 g/mol. The Kier molecular flexibility index (Phi) is 4.51. The van der Waals surface area contributed by atoms with Crippen molar-refractivity contribution < 1.29 is 4.79 Å². The molecule has 0 radical (unpaired) electrons. The summed E-state index contributed by atoms with van der Waals surface area (Å²) in [6.45, 7) is 1.38. The normalized spacial score (nSPS) is 17.1. The molecular formula is C17H18N6OS. The van der Waals surface area contributed by atoms with Crippen molar-refractivity contribution in [1.29, 1.82) is 0 Å². The van der Waals surface area contributed by atoms with Gasteiger partial charge in [-0.1, -0.05) is 0 Å². The van der Waals surface area contributed by atoms with E-state index in [1.54, 1.807) is 28.5 Å². The lowest BCUT2D eigenvalue weighted by atomic mass is 10.2. The molecule has 0 spiro atoms. The fourth-order valence-electron chi connectivity index (χ4n) is 3.15. The van der Waals surface area contributed by atoms with Gasteiger partial charge in [0.1, 0.15) is 0 Å². The third-order valence-corrected chi connectivity index (χ3v) is 5.13. The smallest absolute Gasteiger partial charge is 0.227 e. The van der Waals surface area contributed by atoms with E-state index in [0.29, 0.717) is 18.8 Å². The molecule has 1 fully saturated rings. The van der Waals surface area contributed by atoms with Crippen molar-refractivity contribution in [1.82, 2.24) is 30.1 Å². The third-order valence-electron chi connectivity index (χ3n) is 4.40. The number of tetrazole rings is 1. The first-order chi connectivity index (χ1) is 12.3. The second-order valence-electron chi connectivity index (χ2n) is 6.10. The fourth-order valence-corrected chi connectivity index (χ4v) is 3.82. The van der Waals surface area contributed by atoms with E-state index in [0.717, 1.165) is 30.5 Å². The van der Waals surface area contributed by atoms with Gasteiger partial charge in [-0.05, 0) is 52.6 Å². The summed E-state index contributed by atoms with van der Waals surface area (Å²) in [5.41, 5.74) is 1.97. The summed E-state index contributed by atoms with van der Waals surface area (Å²) in [6.07, 6.45) is 5.87. The van der Waals surface area contributed by atoms with E-state index >= 15 is 0 Å². The molecule has 3 aromatic heterocycles. The molecule has 0 aromatic carbocycles. The lowest BCUT2D eigenvalue weighted by molar-refractivity contribution is -0.131. The number of nitrogens with zero attached hydrogens (tertiary/aromatic N) is 6. The van der Waals surface area contributed by atoms with Crippen molar-refractivity contribution in [2.24, 2.45) is 0 Å². The average Bonchev–Trinajstić information content (AvgIpc) is 3.38. The van der Waals surface area contributed by atoms with Gasteiger partial charge in [-0.2, -0.15) is 16.1 Å². The first kappa shape index (κ1) is 15.9. The lowest BCUT2D eigenvalue weighted by Gasteiger charge is -2.24. The Labute approximate surface area is 149 Å². The fraction of sp³-hybridized carbons (Fsp3) is 0.353. The number of rotatable bonds is 5. The van der Waals surface area contributed by atoms with E-state index < -0.39 is 0 Å². The van der Waals surface area contributed by atoms with E-state index in [1.165, 1.54) is 0 Å². The van der Waals surface area contributed by atoms with Gasteiger partial charge in [0, 0.05) is 24.5 Å². The largest absolute Gasteiger partial charge is 0.337 e. The summed E-state index contributed by atoms with van der Waals surface area (Å²) in [6, 6.07) is 5.85. The van der Waals surface area contributed by atoms with Gasteiger partial charge in [-0.3, -0.25) is 9.78 Å². The van der Waals surface area contributed by atoms with Gasteiger partial charge in [-0.25, -0.2) is 0 Å². The number of hydrogen-bond donors (Lipinski definition) is 0. The number of likely N-dealkylation sites (tertiary alicyclic amines) is 1. The van der Waals surface area contributed by atoms with Gasteiger partial charge < -0.3 is 4.90 Å². The monoisotopic (exact) mass is 354 g/mol. The second-order valence-corrected chi connectivity index (χ2v) is 6.88. The Bertz CT molecular complexity index is 832. The summed E-state index contributed by atoms with van der Waals surface area (Å²) in [7, 11) is 0. The molecule has 0 N–H and O–H groups in total. The molecule has 1 aliphatic rings. The molecule has 128 valence electrons. The van der Waals surface area contributed by atoms with E-state index in [9.17, 15) is 4.79 Å². The number of amides is 1. The summed E-state index contributed by atoms with van der Waals surface area (Å²) in [5, 5.41) is 16.7. The number of aromatic nitrogens is 5. The van der Waals surface area contributed by atoms with Crippen LogP contribution in [-0.4, -0.2) is 48.6 Å². The zero-order valence-corrected chi connectivity index (χ0v) is 14.5. The Morgan fingerprint density at radius 3 is 2.96 bits per heavy atom. The van der Waals surface area contributed by atoms with Crippen LogP contribution in [0.3, 0.4) is 0 Å². The Hall–Kier alpha value is -2.61. The standard InChI is InChI=1S/C17H18N6OS/c24-16(10-13-5-9-25-12-13)22-8-1-2-15(22)11-23-20-17(19-21-23)14-3-6-18-7-4-14/h3-7,9,12,15H,1-2,8,10-11H2/t15-/m0/s1. The van der Waals surface area contributed by atoms with Gasteiger partial charge >= 0.3 is 0 Å². The highest BCUT2D eigenvalue weighted by molar-refractivity contribution is 7.08. The first-order valence-corrected chi connectivity index (χ1v) is 9.22. The molecule has 4 rings (SSSR count). The summed E-state index contributed by atoms with van der Waals surface area (Å²) in [5.74, 6) is 0.756. The highest BCUT2D eigenvalue weighted by Gasteiger charge is 2.29. The molecule has 25 heavy (non-hydrogen) atoms. The van der Waals surface area contributed by atoms with Crippen LogP contribution in [0, 0.1) is 0 Å². The molecule has 8 heteroatoms. The number of carbonyl (C=O) groups is 1. The van der Waals surface area contributed by atoms with Crippen LogP contribution in [-0.2, 0) is 17.8 Å². The maximum atomic E-state index is 12.6. The second kappa shape index (κ2) is 7.10. The zero-order valence-electron chi connectivity index (χ0n) is 13.7. The van der Waals surface area contributed by atoms with Crippen LogP contribution in [0.4, 0.5) is 0 Å². The Morgan fingerprint density at radius 2 is 2.16 bits per heavy atom. The number of thiophene rings is 1. The summed E-state index contributed by atoms with van der Waals surface area (Å²) in [4.78, 5) is 20.2. The summed E-state index contributed by atoms with van der Waals surface area (Å²) >= 11 is 1.62. The van der Waals surface area contributed by atoms with Crippen molar-refractivity contribution in [2.45, 2.75) is 31.8 Å². The van der Waals surface area contributed by atoms with Crippen molar-refractivity contribution in [3.63, 3.8) is 0 Å². The number of hydrogen-bond acceptors (Lipinski definition) is 6. The van der Waals surface area contributed by atoms with Gasteiger partial charge in [-0.15, -0.1) is 10.2 Å². The molecular weight excluding hydrogens is 336 g/mol. The topological polar surface area (TPSA) is 76.8 Å². The van der Waals surface area contributed by atoms with Crippen LogP contribution in [0.1, 0.15) is 18.4 Å². The number of carbonyl (C=O) groups excluding carboxylic acids is 1. The van der Waals surface area contributed by atoms with Gasteiger partial charge in [0.15, 0.2) is 0 Å². The predicted octanol–water partition coefficient (Wildman–Crippen LogP) is 2.03. The molecule has 1 atom stereocenters. The quantitative estimate of drug-likeness (QED) is 0.701. The molecule has 1 aliphatic heterocycles. The van der Waals surface area contributed by atoms with Gasteiger partial charge in [0.25, 0.3) is 0 Å². The van der Waals surface area contributed by atoms with Crippen molar-refractivity contribution in [3.8, 4) is 11.4 Å². The molecule has 3 aromatic rings. The van der Waals surface area contributed by atoms with Crippen LogP contribution in [0.15, 0.2) is 41.4 Å². The number of pyridine rings is 1. The molecule has 7 nitrogen and oxygen atoms in total. The SMILES string of the molecule is O=C(Cc1ccsc1)N1CCC[C@H]1Cn1nnc(-c2ccncc2)n1. The first-order valence-electron chi connectivity index (χ1n) is 8.28. The highest BCUT2D eigenvalue weighted by Crippen LogP contribution is 2.21. The van der Waals surface area contributed by atoms with Crippen LogP contribution >= 0.6 is 11.3 Å². The van der Waals surface area contributed by atoms with Crippen molar-refractivity contribution >= 4 is 17.2 Å². The maximum Gasteiger partial charge on any atom is 0.227 e. The Balaban J connectivity index is 1.43. The lowest BCUT2D eigenvalue weighted by Crippen LogP contribution is -2.39. The van der Waals surface area contributed by atoms with Crippen molar-refractivity contribution in [3.05, 3.63) is 46.9 Å². The highest BCUT2D eigenvalue weighted by atomic mass is 32.1. The predicted molar refractivity (Wildman–Crippen MR) is 93.8 cm³/mol. The van der Waals surface area contributed by atoms with E-state index in [2.05, 4.69) is 20.4 Å². The van der Waals surface area contributed by atoms with E-state index in [-0.39, 0.29) is 11.9 Å². The maximum absolute atomic E-state index is 12.6.